The van der Waals surface area contributed by atoms with Crippen LogP contribution in [0, 0.1) is 0 Å². The maximum atomic E-state index is 12.0. The molecule has 0 aromatic carbocycles. The number of thioether (sulfide) groups is 1. The fourth-order valence-electron chi connectivity index (χ4n) is 1.52. The van der Waals surface area contributed by atoms with Crippen LogP contribution >= 0.6 is 11.8 Å². The summed E-state index contributed by atoms with van der Waals surface area (Å²) in [5.41, 5.74) is 0.650. The zero-order chi connectivity index (χ0) is 13.4. The van der Waals surface area contributed by atoms with Crippen LogP contribution in [0.5, 0.6) is 0 Å². The summed E-state index contributed by atoms with van der Waals surface area (Å²) in [7, 11) is 0. The molecule has 1 rings (SSSR count). The second kappa shape index (κ2) is 7.97. The van der Waals surface area contributed by atoms with Crippen LogP contribution < -0.4 is 10.6 Å². The number of anilines is 1. The zero-order valence-electron chi connectivity index (χ0n) is 11.2. The quantitative estimate of drug-likeness (QED) is 0.796. The normalized spacial score (nSPS) is 11.9. The first-order valence-corrected chi connectivity index (χ1v) is 7.56. The van der Waals surface area contributed by atoms with Gasteiger partial charge in [0.05, 0.1) is 0 Å². The Morgan fingerprint density at radius 1 is 1.56 bits per heavy atom. The number of carbonyl (C=O) groups is 1. The van der Waals surface area contributed by atoms with Crippen LogP contribution in [0.3, 0.4) is 0 Å². The van der Waals surface area contributed by atoms with Crippen molar-refractivity contribution < 1.29 is 4.79 Å². The van der Waals surface area contributed by atoms with E-state index in [9.17, 15) is 4.79 Å². The lowest BCUT2D eigenvalue weighted by atomic mass is 10.2. The molecule has 0 spiro atoms. The van der Waals surface area contributed by atoms with Crippen LogP contribution in [0.1, 0.15) is 30.6 Å². The molecule has 0 saturated heterocycles. The third-order valence-electron chi connectivity index (χ3n) is 2.51. The fourth-order valence-corrected chi connectivity index (χ4v) is 2.11. The van der Waals surface area contributed by atoms with Gasteiger partial charge >= 0.3 is 0 Å². The van der Waals surface area contributed by atoms with E-state index in [0.717, 1.165) is 24.5 Å². The molecule has 0 aliphatic heterocycles. The van der Waals surface area contributed by atoms with Crippen molar-refractivity contribution >= 4 is 23.5 Å². The van der Waals surface area contributed by atoms with Crippen LogP contribution in [0.15, 0.2) is 18.3 Å². The molecule has 2 N–H and O–H groups in total. The van der Waals surface area contributed by atoms with Gasteiger partial charge in [0.25, 0.3) is 5.91 Å². The summed E-state index contributed by atoms with van der Waals surface area (Å²) < 4.78 is 0. The van der Waals surface area contributed by atoms with Crippen molar-refractivity contribution in [2.45, 2.75) is 26.3 Å². The summed E-state index contributed by atoms with van der Waals surface area (Å²) in [6.45, 7) is 4.82. The maximum Gasteiger partial charge on any atom is 0.251 e. The molecule has 0 fully saturated rings. The number of rotatable bonds is 7. The highest BCUT2D eigenvalue weighted by molar-refractivity contribution is 7.98. The van der Waals surface area contributed by atoms with Gasteiger partial charge in [0, 0.05) is 24.3 Å². The average Bonchev–Trinajstić information content (AvgIpc) is 2.37. The van der Waals surface area contributed by atoms with E-state index in [-0.39, 0.29) is 11.9 Å². The Balaban J connectivity index is 2.57. The van der Waals surface area contributed by atoms with Crippen molar-refractivity contribution in [1.29, 1.82) is 0 Å². The highest BCUT2D eigenvalue weighted by Crippen LogP contribution is 2.07. The molecule has 100 valence electrons. The predicted octanol–water partition coefficient (Wildman–Crippen LogP) is 2.38. The third-order valence-corrected chi connectivity index (χ3v) is 3.16. The van der Waals surface area contributed by atoms with Gasteiger partial charge in [-0.15, -0.1) is 0 Å². The van der Waals surface area contributed by atoms with Gasteiger partial charge in [-0.2, -0.15) is 11.8 Å². The number of hydrogen-bond acceptors (Lipinski definition) is 4. The van der Waals surface area contributed by atoms with Crippen molar-refractivity contribution in [3.8, 4) is 0 Å². The Morgan fingerprint density at radius 2 is 2.33 bits per heavy atom. The largest absolute Gasteiger partial charge is 0.370 e. The standard InChI is InChI=1S/C13H21N3OS/c1-4-14-12-9-11(5-7-15-12)13(17)16-10(2)6-8-18-3/h5,7,9-10H,4,6,8H2,1-3H3,(H,14,15)(H,16,17). The Labute approximate surface area is 113 Å². The van der Waals surface area contributed by atoms with Gasteiger partial charge in [0.15, 0.2) is 0 Å². The molecular weight excluding hydrogens is 246 g/mol. The highest BCUT2D eigenvalue weighted by atomic mass is 32.2. The molecule has 1 aromatic heterocycles. The average molecular weight is 267 g/mol. The Bertz CT molecular complexity index is 384. The van der Waals surface area contributed by atoms with E-state index >= 15 is 0 Å². The minimum absolute atomic E-state index is 0.0369. The first-order chi connectivity index (χ1) is 8.67. The lowest BCUT2D eigenvalue weighted by molar-refractivity contribution is 0.0939. The number of nitrogens with zero attached hydrogens (tertiary/aromatic N) is 1. The van der Waals surface area contributed by atoms with Gasteiger partial charge in [0.2, 0.25) is 0 Å². The van der Waals surface area contributed by atoms with Gasteiger partial charge in [-0.25, -0.2) is 4.98 Å². The van der Waals surface area contributed by atoms with Gasteiger partial charge < -0.3 is 10.6 Å². The van der Waals surface area contributed by atoms with Crippen molar-refractivity contribution in [3.05, 3.63) is 23.9 Å². The minimum Gasteiger partial charge on any atom is -0.370 e. The zero-order valence-corrected chi connectivity index (χ0v) is 12.0. The Hall–Kier alpha value is -1.23. The summed E-state index contributed by atoms with van der Waals surface area (Å²) in [6, 6.07) is 3.71. The summed E-state index contributed by atoms with van der Waals surface area (Å²) in [5.74, 6) is 1.76. The van der Waals surface area contributed by atoms with E-state index in [0.29, 0.717) is 5.56 Å². The molecular formula is C13H21N3OS. The lowest BCUT2D eigenvalue weighted by Crippen LogP contribution is -2.33. The van der Waals surface area contributed by atoms with Gasteiger partial charge in [-0.05, 0) is 44.4 Å². The topological polar surface area (TPSA) is 54.0 Å². The van der Waals surface area contributed by atoms with Crippen molar-refractivity contribution in [2.24, 2.45) is 0 Å². The van der Waals surface area contributed by atoms with Crippen LogP contribution in [-0.4, -0.2) is 35.5 Å². The van der Waals surface area contributed by atoms with Crippen molar-refractivity contribution in [1.82, 2.24) is 10.3 Å². The van der Waals surface area contributed by atoms with E-state index in [1.54, 1.807) is 30.1 Å². The Kier molecular flexibility index (Phi) is 6.57. The van der Waals surface area contributed by atoms with Crippen LogP contribution in [0.2, 0.25) is 0 Å². The molecule has 0 bridgehead atoms. The molecule has 0 aliphatic carbocycles. The van der Waals surface area contributed by atoms with Crippen LogP contribution in [0.25, 0.3) is 0 Å². The number of nitrogens with one attached hydrogen (secondary N) is 2. The van der Waals surface area contributed by atoms with E-state index in [1.165, 1.54) is 0 Å². The molecule has 5 heteroatoms. The number of pyridine rings is 1. The predicted molar refractivity (Wildman–Crippen MR) is 78.3 cm³/mol. The molecule has 1 amide bonds. The van der Waals surface area contributed by atoms with E-state index < -0.39 is 0 Å². The molecule has 4 nitrogen and oxygen atoms in total. The van der Waals surface area contributed by atoms with E-state index in [4.69, 9.17) is 0 Å². The number of carbonyl (C=O) groups excluding carboxylic acids is 1. The number of aromatic nitrogens is 1. The molecule has 0 radical (unpaired) electrons. The summed E-state index contributed by atoms with van der Waals surface area (Å²) in [5, 5.41) is 6.09. The third kappa shape index (κ3) is 4.96. The summed E-state index contributed by atoms with van der Waals surface area (Å²) >= 11 is 1.79. The monoisotopic (exact) mass is 267 g/mol. The minimum atomic E-state index is -0.0369. The molecule has 18 heavy (non-hydrogen) atoms. The highest BCUT2D eigenvalue weighted by Gasteiger charge is 2.10. The van der Waals surface area contributed by atoms with Gasteiger partial charge in [0.1, 0.15) is 5.82 Å². The van der Waals surface area contributed by atoms with Crippen LogP contribution in [0.4, 0.5) is 5.82 Å². The summed E-state index contributed by atoms with van der Waals surface area (Å²) in [4.78, 5) is 16.1. The SMILES string of the molecule is CCNc1cc(C(=O)NC(C)CCSC)ccn1. The van der Waals surface area contributed by atoms with Crippen LogP contribution in [-0.2, 0) is 0 Å². The molecule has 1 atom stereocenters. The Morgan fingerprint density at radius 3 is 3.00 bits per heavy atom. The fraction of sp³-hybridized carbons (Fsp3) is 0.538. The van der Waals surface area contributed by atoms with E-state index in [2.05, 4.69) is 21.9 Å². The molecule has 0 saturated carbocycles. The first-order valence-electron chi connectivity index (χ1n) is 6.17. The molecule has 1 unspecified atom stereocenters. The number of amides is 1. The molecule has 1 heterocycles. The first kappa shape index (κ1) is 14.8. The molecule has 1 aromatic rings. The summed E-state index contributed by atoms with van der Waals surface area (Å²) in [6.07, 6.45) is 4.71. The second-order valence-electron chi connectivity index (χ2n) is 4.12. The smallest absolute Gasteiger partial charge is 0.251 e. The van der Waals surface area contributed by atoms with Crippen molar-refractivity contribution in [2.75, 3.05) is 23.9 Å². The van der Waals surface area contributed by atoms with E-state index in [1.807, 2.05) is 13.8 Å². The number of hydrogen-bond donors (Lipinski definition) is 2. The lowest BCUT2D eigenvalue weighted by Gasteiger charge is -2.13. The van der Waals surface area contributed by atoms with Crippen molar-refractivity contribution in [3.63, 3.8) is 0 Å². The van der Waals surface area contributed by atoms with Gasteiger partial charge in [-0.1, -0.05) is 0 Å². The molecule has 0 aliphatic rings. The maximum absolute atomic E-state index is 12.0. The van der Waals surface area contributed by atoms with Gasteiger partial charge in [-0.3, -0.25) is 4.79 Å². The second-order valence-corrected chi connectivity index (χ2v) is 5.10.